The van der Waals surface area contributed by atoms with Gasteiger partial charge in [-0.3, -0.25) is 14.6 Å². The minimum Gasteiger partial charge on any atom is -0.504 e. The second kappa shape index (κ2) is 8.97. The molecule has 2 heterocycles. The minimum atomic E-state index is -0.719. The Kier molecular flexibility index (Phi) is 6.41. The van der Waals surface area contributed by atoms with Crippen LogP contribution in [-0.2, 0) is 22.6 Å². The van der Waals surface area contributed by atoms with Gasteiger partial charge in [0, 0.05) is 12.6 Å². The number of aromatic hydroxyl groups is 2. The number of aromatic nitrogens is 1. The number of amides is 2. The van der Waals surface area contributed by atoms with E-state index >= 15 is 0 Å². The zero-order chi connectivity index (χ0) is 20.1. The van der Waals surface area contributed by atoms with E-state index in [1.807, 2.05) is 18.4 Å². The molecule has 0 radical (unpaired) electrons. The molecule has 3 rings (SSSR count). The molecule has 1 aromatic heterocycles. The van der Waals surface area contributed by atoms with Gasteiger partial charge in [0.1, 0.15) is 12.1 Å². The summed E-state index contributed by atoms with van der Waals surface area (Å²) in [6.07, 6.45) is 4.41. The van der Waals surface area contributed by atoms with E-state index in [1.54, 1.807) is 35.0 Å². The second-order valence-corrected chi connectivity index (χ2v) is 7.66. The third-order valence-corrected chi connectivity index (χ3v) is 5.36. The Hall–Kier alpha value is -2.74. The van der Waals surface area contributed by atoms with Gasteiger partial charge in [0.25, 0.3) is 0 Å². The lowest BCUT2D eigenvalue weighted by Crippen LogP contribution is -2.63. The maximum atomic E-state index is 13.1. The number of pyridine rings is 1. The van der Waals surface area contributed by atoms with Crippen molar-refractivity contribution in [3.05, 3.63) is 53.9 Å². The first-order chi connectivity index (χ1) is 13.5. The van der Waals surface area contributed by atoms with Crippen LogP contribution in [0.4, 0.5) is 0 Å². The molecule has 2 atom stereocenters. The van der Waals surface area contributed by atoms with E-state index in [1.165, 1.54) is 12.1 Å². The fourth-order valence-electron chi connectivity index (χ4n) is 3.23. The number of nitrogens with zero attached hydrogens (tertiary/aromatic N) is 2. The monoisotopic (exact) mass is 401 g/mol. The lowest BCUT2D eigenvalue weighted by atomic mass is 9.98. The van der Waals surface area contributed by atoms with Crippen molar-refractivity contribution in [1.82, 2.24) is 15.2 Å². The van der Waals surface area contributed by atoms with Gasteiger partial charge in [0.2, 0.25) is 11.8 Å². The van der Waals surface area contributed by atoms with Crippen LogP contribution in [0.5, 0.6) is 11.5 Å². The van der Waals surface area contributed by atoms with Crippen molar-refractivity contribution in [2.45, 2.75) is 31.5 Å². The maximum absolute atomic E-state index is 13.1. The highest BCUT2D eigenvalue weighted by Crippen LogP contribution is 2.27. The third-order valence-electron chi connectivity index (χ3n) is 4.71. The van der Waals surface area contributed by atoms with Crippen molar-refractivity contribution in [3.63, 3.8) is 0 Å². The molecule has 148 valence electrons. The Morgan fingerprint density at radius 3 is 2.68 bits per heavy atom. The van der Waals surface area contributed by atoms with Gasteiger partial charge in [-0.1, -0.05) is 12.1 Å². The lowest BCUT2D eigenvalue weighted by Gasteiger charge is -2.39. The van der Waals surface area contributed by atoms with E-state index < -0.39 is 12.1 Å². The number of benzene rings is 1. The first-order valence-electron chi connectivity index (χ1n) is 9.00. The predicted octanol–water partition coefficient (Wildman–Crippen LogP) is 1.68. The van der Waals surface area contributed by atoms with Gasteiger partial charge in [-0.05, 0) is 48.3 Å². The van der Waals surface area contributed by atoms with Crippen molar-refractivity contribution < 1.29 is 19.8 Å². The Morgan fingerprint density at radius 2 is 2.00 bits per heavy atom. The molecule has 1 aliphatic heterocycles. The summed E-state index contributed by atoms with van der Waals surface area (Å²) in [5, 5.41) is 22.1. The molecule has 2 unspecified atom stereocenters. The molecule has 28 heavy (non-hydrogen) atoms. The topological polar surface area (TPSA) is 103 Å². The van der Waals surface area contributed by atoms with Crippen LogP contribution in [0.1, 0.15) is 17.7 Å². The zero-order valence-corrected chi connectivity index (χ0v) is 16.4. The number of phenolic OH excluding ortho intramolecular Hbond substituents is 2. The van der Waals surface area contributed by atoms with Crippen LogP contribution in [-0.4, -0.2) is 56.0 Å². The molecule has 0 aliphatic carbocycles. The van der Waals surface area contributed by atoms with Crippen LogP contribution >= 0.6 is 11.8 Å². The number of hydrogen-bond acceptors (Lipinski definition) is 6. The number of hydrogen-bond donors (Lipinski definition) is 3. The van der Waals surface area contributed by atoms with E-state index in [0.29, 0.717) is 17.7 Å². The maximum Gasteiger partial charge on any atom is 0.246 e. The van der Waals surface area contributed by atoms with Crippen LogP contribution in [0.25, 0.3) is 0 Å². The van der Waals surface area contributed by atoms with Crippen molar-refractivity contribution in [1.29, 1.82) is 0 Å². The number of phenols is 2. The van der Waals surface area contributed by atoms with Gasteiger partial charge in [-0.25, -0.2) is 0 Å². The van der Waals surface area contributed by atoms with Gasteiger partial charge >= 0.3 is 0 Å². The van der Waals surface area contributed by atoms with Gasteiger partial charge in [0.15, 0.2) is 11.5 Å². The van der Waals surface area contributed by atoms with Gasteiger partial charge in [-0.2, -0.15) is 11.8 Å². The van der Waals surface area contributed by atoms with E-state index in [0.717, 1.165) is 5.75 Å². The fraction of sp³-hybridized carbons (Fsp3) is 0.350. The SMILES string of the molecule is CSCCC1NC(=O)C(Cc2ccc(O)c(O)c2)N(Cc2ccccn2)C1=O. The first-order valence-corrected chi connectivity index (χ1v) is 10.4. The molecule has 8 heteroatoms. The van der Waals surface area contributed by atoms with Gasteiger partial charge in [-0.15, -0.1) is 0 Å². The number of rotatable bonds is 7. The summed E-state index contributed by atoms with van der Waals surface area (Å²) in [5.41, 5.74) is 1.35. The third kappa shape index (κ3) is 4.56. The average Bonchev–Trinajstić information content (AvgIpc) is 2.69. The highest BCUT2D eigenvalue weighted by atomic mass is 32.2. The van der Waals surface area contributed by atoms with Crippen molar-refractivity contribution in [2.75, 3.05) is 12.0 Å². The summed E-state index contributed by atoms with van der Waals surface area (Å²) in [6, 6.07) is 8.60. The van der Waals surface area contributed by atoms with Crippen molar-refractivity contribution in [3.8, 4) is 11.5 Å². The zero-order valence-electron chi connectivity index (χ0n) is 15.5. The lowest BCUT2D eigenvalue weighted by molar-refractivity contribution is -0.150. The van der Waals surface area contributed by atoms with Crippen LogP contribution in [0.2, 0.25) is 0 Å². The Labute approximate surface area is 167 Å². The smallest absolute Gasteiger partial charge is 0.246 e. The van der Waals surface area contributed by atoms with Gasteiger partial charge in [0.05, 0.1) is 12.2 Å². The summed E-state index contributed by atoms with van der Waals surface area (Å²) < 4.78 is 0. The van der Waals surface area contributed by atoms with Crippen LogP contribution in [0.15, 0.2) is 42.6 Å². The molecule has 0 saturated carbocycles. The van der Waals surface area contributed by atoms with E-state index in [-0.39, 0.29) is 36.3 Å². The summed E-state index contributed by atoms with van der Waals surface area (Å²) in [4.78, 5) is 31.8. The fourth-order valence-corrected chi connectivity index (χ4v) is 3.70. The quantitative estimate of drug-likeness (QED) is 0.610. The molecule has 2 amide bonds. The highest BCUT2D eigenvalue weighted by molar-refractivity contribution is 7.98. The summed E-state index contributed by atoms with van der Waals surface area (Å²) in [5.74, 6) is -0.0731. The molecule has 7 nitrogen and oxygen atoms in total. The number of piperazine rings is 1. The van der Waals surface area contributed by atoms with Crippen molar-refractivity contribution in [2.24, 2.45) is 0 Å². The normalized spacial score (nSPS) is 19.5. The van der Waals surface area contributed by atoms with E-state index in [4.69, 9.17) is 0 Å². The van der Waals surface area contributed by atoms with Crippen LogP contribution in [0, 0.1) is 0 Å². The number of thioether (sulfide) groups is 1. The number of nitrogens with one attached hydrogen (secondary N) is 1. The van der Waals surface area contributed by atoms with Gasteiger partial charge < -0.3 is 20.4 Å². The molecule has 0 bridgehead atoms. The number of carbonyl (C=O) groups is 2. The summed E-state index contributed by atoms with van der Waals surface area (Å²) >= 11 is 1.62. The summed E-state index contributed by atoms with van der Waals surface area (Å²) in [6.45, 7) is 0.234. The van der Waals surface area contributed by atoms with Crippen molar-refractivity contribution >= 4 is 23.6 Å². The molecule has 1 aliphatic rings. The molecular formula is C20H23N3O4S. The highest BCUT2D eigenvalue weighted by Gasteiger charge is 2.40. The first kappa shape index (κ1) is 20.0. The summed E-state index contributed by atoms with van der Waals surface area (Å²) in [7, 11) is 0. The molecular weight excluding hydrogens is 378 g/mol. The number of carbonyl (C=O) groups excluding carboxylic acids is 2. The largest absolute Gasteiger partial charge is 0.504 e. The molecule has 2 aromatic rings. The minimum absolute atomic E-state index is 0.132. The standard InChI is InChI=1S/C20H23N3O4S/c1-28-9-7-15-20(27)23(12-14-4-2-3-8-21-14)16(19(26)22-15)10-13-5-6-17(24)18(25)11-13/h2-6,8,11,15-16,24-25H,7,9-10,12H2,1H3,(H,22,26). The van der Waals surface area contributed by atoms with Crippen LogP contribution < -0.4 is 5.32 Å². The molecule has 0 spiro atoms. The van der Waals surface area contributed by atoms with E-state index in [2.05, 4.69) is 10.3 Å². The molecule has 3 N–H and O–H groups in total. The molecule has 1 fully saturated rings. The van der Waals surface area contributed by atoms with Crippen LogP contribution in [0.3, 0.4) is 0 Å². The second-order valence-electron chi connectivity index (χ2n) is 6.67. The molecule has 1 saturated heterocycles. The molecule has 1 aromatic carbocycles. The average molecular weight is 401 g/mol. The Balaban J connectivity index is 1.86. The Morgan fingerprint density at radius 1 is 1.18 bits per heavy atom. The Bertz CT molecular complexity index is 847. The predicted molar refractivity (Wildman–Crippen MR) is 107 cm³/mol. The van der Waals surface area contributed by atoms with E-state index in [9.17, 15) is 19.8 Å².